The maximum absolute atomic E-state index is 13.5. The summed E-state index contributed by atoms with van der Waals surface area (Å²) >= 11 is 6.50. The highest BCUT2D eigenvalue weighted by molar-refractivity contribution is 6.32. The Balaban J connectivity index is 1.19. The van der Waals surface area contributed by atoms with Gasteiger partial charge in [0.05, 0.1) is 23.8 Å². The van der Waals surface area contributed by atoms with Gasteiger partial charge in [0.1, 0.15) is 30.3 Å². The van der Waals surface area contributed by atoms with E-state index < -0.39 is 0 Å². The van der Waals surface area contributed by atoms with Crippen LogP contribution < -0.4 is 10.1 Å². The van der Waals surface area contributed by atoms with Crippen LogP contribution in [-0.2, 0) is 11.3 Å². The van der Waals surface area contributed by atoms with E-state index in [9.17, 15) is 9.18 Å². The second kappa shape index (κ2) is 11.9. The minimum absolute atomic E-state index is 0.0160. The Labute approximate surface area is 241 Å². The molecule has 5 aromatic rings. The average Bonchev–Trinajstić information content (AvgIpc) is 3.01. The minimum Gasteiger partial charge on any atom is -0.487 e. The van der Waals surface area contributed by atoms with Gasteiger partial charge >= 0.3 is 0 Å². The Morgan fingerprint density at radius 3 is 2.54 bits per heavy atom. The zero-order valence-corrected chi connectivity index (χ0v) is 22.8. The lowest BCUT2D eigenvalue weighted by molar-refractivity contribution is 0.0303. The van der Waals surface area contributed by atoms with Gasteiger partial charge in [-0.2, -0.15) is 0 Å². The Morgan fingerprint density at radius 2 is 1.76 bits per heavy atom. The van der Waals surface area contributed by atoms with Crippen LogP contribution in [0, 0.1) is 5.82 Å². The van der Waals surface area contributed by atoms with E-state index in [4.69, 9.17) is 21.1 Å². The highest BCUT2D eigenvalue weighted by Gasteiger charge is 2.18. The lowest BCUT2D eigenvalue weighted by Gasteiger charge is -2.26. The van der Waals surface area contributed by atoms with E-state index in [1.54, 1.807) is 24.3 Å². The van der Waals surface area contributed by atoms with Gasteiger partial charge in [-0.1, -0.05) is 41.9 Å². The molecule has 41 heavy (non-hydrogen) atoms. The molecule has 0 aliphatic carbocycles. The van der Waals surface area contributed by atoms with E-state index in [2.05, 4.69) is 15.3 Å². The van der Waals surface area contributed by atoms with E-state index in [-0.39, 0.29) is 18.3 Å². The quantitative estimate of drug-likeness (QED) is 0.230. The number of fused-ring (bicyclic) bond motifs is 1. The van der Waals surface area contributed by atoms with Gasteiger partial charge in [0.2, 0.25) is 0 Å². The molecule has 1 saturated heterocycles. The molecule has 6 rings (SSSR count). The summed E-state index contributed by atoms with van der Waals surface area (Å²) in [6.07, 6.45) is 1.51. The lowest BCUT2D eigenvalue weighted by Crippen LogP contribution is -2.40. The summed E-state index contributed by atoms with van der Waals surface area (Å²) in [4.78, 5) is 23.5. The molecular formula is C32H26ClFN4O3. The molecule has 0 spiro atoms. The third-order valence-corrected chi connectivity index (χ3v) is 7.17. The van der Waals surface area contributed by atoms with Crippen molar-refractivity contribution >= 4 is 39.9 Å². The monoisotopic (exact) mass is 568 g/mol. The Hall–Kier alpha value is -4.53. The smallest absolute Gasteiger partial charge is 0.254 e. The molecule has 7 nitrogen and oxygen atoms in total. The summed E-state index contributed by atoms with van der Waals surface area (Å²) in [5.41, 5.74) is 4.83. The lowest BCUT2D eigenvalue weighted by atomic mass is 10.0. The predicted molar refractivity (Wildman–Crippen MR) is 157 cm³/mol. The number of benzene rings is 4. The maximum atomic E-state index is 13.5. The molecule has 0 radical (unpaired) electrons. The number of rotatable bonds is 7. The zero-order valence-electron chi connectivity index (χ0n) is 22.0. The van der Waals surface area contributed by atoms with E-state index in [0.717, 1.165) is 27.7 Å². The molecule has 0 saturated carbocycles. The first-order chi connectivity index (χ1) is 20.0. The minimum atomic E-state index is -0.312. The van der Waals surface area contributed by atoms with Crippen molar-refractivity contribution in [3.63, 3.8) is 0 Å². The van der Waals surface area contributed by atoms with Crippen molar-refractivity contribution in [3.8, 4) is 16.9 Å². The fourth-order valence-electron chi connectivity index (χ4n) is 4.71. The van der Waals surface area contributed by atoms with Crippen LogP contribution in [0.2, 0.25) is 5.02 Å². The molecule has 206 valence electrons. The number of aromatic nitrogens is 2. The van der Waals surface area contributed by atoms with Crippen molar-refractivity contribution in [2.24, 2.45) is 0 Å². The molecular weight excluding hydrogens is 543 g/mol. The van der Waals surface area contributed by atoms with Crippen LogP contribution in [0.5, 0.6) is 5.75 Å². The van der Waals surface area contributed by atoms with Crippen LogP contribution in [0.4, 0.5) is 15.9 Å². The SMILES string of the molecule is O=C(c1ccc(-c2ccc3ncnc(Nc4ccc(OCc5cccc(F)c5)c(Cl)c4)c3c2)cc1)N1CCOCC1. The summed E-state index contributed by atoms with van der Waals surface area (Å²) in [7, 11) is 0. The number of amides is 1. The number of anilines is 2. The van der Waals surface area contributed by atoms with E-state index in [1.807, 2.05) is 53.4 Å². The molecule has 1 fully saturated rings. The van der Waals surface area contributed by atoms with Crippen LogP contribution in [0.3, 0.4) is 0 Å². The zero-order chi connectivity index (χ0) is 28.2. The molecule has 4 aromatic carbocycles. The van der Waals surface area contributed by atoms with Crippen LogP contribution in [0.15, 0.2) is 91.3 Å². The number of morpholine rings is 1. The number of carbonyl (C=O) groups excluding carboxylic acids is 1. The fraction of sp³-hybridized carbons (Fsp3) is 0.156. The van der Waals surface area contributed by atoms with Crippen molar-refractivity contribution in [1.82, 2.24) is 14.9 Å². The Kier molecular flexibility index (Phi) is 7.75. The van der Waals surface area contributed by atoms with Crippen molar-refractivity contribution < 1.29 is 18.7 Å². The summed E-state index contributed by atoms with van der Waals surface area (Å²) < 4.78 is 24.6. The van der Waals surface area contributed by atoms with Crippen LogP contribution in [-0.4, -0.2) is 47.1 Å². The van der Waals surface area contributed by atoms with E-state index in [1.165, 1.54) is 18.5 Å². The van der Waals surface area contributed by atoms with E-state index >= 15 is 0 Å². The fourth-order valence-corrected chi connectivity index (χ4v) is 4.95. The number of hydrogen-bond donors (Lipinski definition) is 1. The molecule has 1 aliphatic rings. The first kappa shape index (κ1) is 26.7. The third kappa shape index (κ3) is 6.14. The van der Waals surface area contributed by atoms with Crippen LogP contribution >= 0.6 is 11.6 Å². The standard InChI is InChI=1S/C32H26ClFN4O3/c33-28-18-26(9-11-30(28)41-19-21-2-1-3-25(34)16-21)37-31-27-17-24(8-10-29(27)35-20-36-31)22-4-6-23(7-5-22)32(39)38-12-14-40-15-13-38/h1-11,16-18,20H,12-15,19H2,(H,35,36,37). The van der Waals surface area contributed by atoms with Crippen molar-refractivity contribution in [2.45, 2.75) is 6.61 Å². The summed E-state index contributed by atoms with van der Waals surface area (Å²) in [6, 6.07) is 25.2. The topological polar surface area (TPSA) is 76.6 Å². The molecule has 0 atom stereocenters. The van der Waals surface area contributed by atoms with Gasteiger partial charge < -0.3 is 19.7 Å². The van der Waals surface area contributed by atoms with Gasteiger partial charge in [0.25, 0.3) is 5.91 Å². The molecule has 9 heteroatoms. The predicted octanol–water partition coefficient (Wildman–Crippen LogP) is 6.88. The van der Waals surface area contributed by atoms with Gasteiger partial charge in [-0.05, 0) is 71.3 Å². The summed E-state index contributed by atoms with van der Waals surface area (Å²) in [5, 5.41) is 4.58. The number of hydrogen-bond acceptors (Lipinski definition) is 6. The molecule has 1 N–H and O–H groups in total. The normalized spacial score (nSPS) is 13.3. The van der Waals surface area contributed by atoms with E-state index in [0.29, 0.717) is 54.0 Å². The average molecular weight is 569 g/mol. The highest BCUT2D eigenvalue weighted by Crippen LogP contribution is 2.32. The largest absolute Gasteiger partial charge is 0.487 e. The van der Waals surface area contributed by atoms with Gasteiger partial charge in [-0.3, -0.25) is 4.79 Å². The summed E-state index contributed by atoms with van der Waals surface area (Å²) in [6.45, 7) is 2.56. The number of halogens is 2. The number of nitrogens with one attached hydrogen (secondary N) is 1. The molecule has 1 aliphatic heterocycles. The van der Waals surface area contributed by atoms with Gasteiger partial charge in [0, 0.05) is 29.7 Å². The molecule has 2 heterocycles. The Bertz CT molecular complexity index is 1710. The third-order valence-electron chi connectivity index (χ3n) is 6.88. The number of ether oxygens (including phenoxy) is 2. The molecule has 0 bridgehead atoms. The van der Waals surface area contributed by atoms with Gasteiger partial charge in [-0.15, -0.1) is 0 Å². The van der Waals surface area contributed by atoms with Crippen molar-refractivity contribution in [3.05, 3.63) is 113 Å². The van der Waals surface area contributed by atoms with Crippen molar-refractivity contribution in [2.75, 3.05) is 31.6 Å². The first-order valence-corrected chi connectivity index (χ1v) is 13.6. The van der Waals surface area contributed by atoms with Crippen molar-refractivity contribution in [1.29, 1.82) is 0 Å². The second-order valence-electron chi connectivity index (χ2n) is 9.62. The number of carbonyl (C=O) groups is 1. The number of nitrogens with zero attached hydrogens (tertiary/aromatic N) is 3. The Morgan fingerprint density at radius 1 is 0.951 bits per heavy atom. The second-order valence-corrected chi connectivity index (χ2v) is 10.0. The van der Waals surface area contributed by atoms with Gasteiger partial charge in [0.15, 0.2) is 0 Å². The summed E-state index contributed by atoms with van der Waals surface area (Å²) in [5.74, 6) is 0.822. The molecule has 1 amide bonds. The molecule has 0 unspecified atom stereocenters. The first-order valence-electron chi connectivity index (χ1n) is 13.2. The molecule has 1 aromatic heterocycles. The highest BCUT2D eigenvalue weighted by atomic mass is 35.5. The van der Waals surface area contributed by atoms with Crippen LogP contribution in [0.1, 0.15) is 15.9 Å². The van der Waals surface area contributed by atoms with Gasteiger partial charge in [-0.25, -0.2) is 14.4 Å². The van der Waals surface area contributed by atoms with Crippen LogP contribution in [0.25, 0.3) is 22.0 Å². The maximum Gasteiger partial charge on any atom is 0.254 e.